The second-order valence-corrected chi connectivity index (χ2v) is 3.32. The highest BCUT2D eigenvalue weighted by atomic mass is 127. The Bertz CT molecular complexity index is 49.6. The third-order valence-electron chi connectivity index (χ3n) is 0.138. The minimum atomic E-state index is -1.23. The maximum Gasteiger partial charge on any atom is 0.141 e. The highest BCUT2D eigenvalue weighted by Crippen LogP contribution is 1.96. The van der Waals surface area contributed by atoms with Gasteiger partial charge >= 0.3 is 0 Å². The fourth-order valence-electron chi connectivity index (χ4n) is 0. The molecule has 0 aromatic heterocycles. The van der Waals surface area contributed by atoms with Crippen LogP contribution in [0.5, 0.6) is 0 Å². The van der Waals surface area contributed by atoms with Crippen LogP contribution in [0, 0.1) is 0 Å². The summed E-state index contributed by atoms with van der Waals surface area (Å²) in [5.74, 6) is 0. The third-order valence-corrected chi connectivity index (χ3v) is 1.60. The van der Waals surface area contributed by atoms with Gasteiger partial charge in [0.2, 0.25) is 0 Å². The molecule has 0 amide bonds. The first-order chi connectivity index (χ1) is 2.27. The van der Waals surface area contributed by atoms with Gasteiger partial charge in [0, 0.05) is 28.3 Å². The van der Waals surface area contributed by atoms with E-state index in [1.54, 1.807) is 21.2 Å². The van der Waals surface area contributed by atoms with Gasteiger partial charge in [-0.25, -0.2) is 4.36 Å². The quantitative estimate of drug-likeness (QED) is 0.535. The smallest absolute Gasteiger partial charge is 0.141 e. The lowest BCUT2D eigenvalue weighted by Crippen LogP contribution is -1.50. The zero-order chi connectivity index (χ0) is 4.28. The second kappa shape index (κ2) is 3.02. The van der Waals surface area contributed by atoms with E-state index in [2.05, 4.69) is 4.36 Å². The molecule has 0 aromatic rings. The standard InChI is InChI=1S/CH3FINS/c1-4-5(2)3/h1H3. The minimum absolute atomic E-state index is 1.23. The van der Waals surface area contributed by atoms with Gasteiger partial charge in [-0.1, -0.05) is 0 Å². The van der Waals surface area contributed by atoms with Crippen molar-refractivity contribution >= 4 is 29.5 Å². The number of hydrogen-bond donors (Lipinski definition) is 0. The van der Waals surface area contributed by atoms with E-state index in [0.717, 1.165) is 0 Å². The molecule has 0 fully saturated rings. The van der Waals surface area contributed by atoms with E-state index in [4.69, 9.17) is 0 Å². The number of hydrogen-bond acceptors (Lipinski definition) is 1. The lowest BCUT2D eigenvalue weighted by atomic mass is 11.6. The molecule has 0 aliphatic heterocycles. The molecule has 5 heavy (non-hydrogen) atoms. The van der Waals surface area contributed by atoms with Gasteiger partial charge in [0.25, 0.3) is 0 Å². The van der Waals surface area contributed by atoms with Crippen LogP contribution in [-0.4, -0.2) is 7.05 Å². The van der Waals surface area contributed by atoms with Crippen molar-refractivity contribution in [3.63, 3.8) is 0 Å². The molecule has 0 aromatic carbocycles. The van der Waals surface area contributed by atoms with E-state index < -0.39 is 8.25 Å². The molecule has 0 spiro atoms. The first-order valence-electron chi connectivity index (χ1n) is 0.938. The molecule has 0 heterocycles. The van der Waals surface area contributed by atoms with Crippen molar-refractivity contribution in [1.82, 2.24) is 0 Å². The molecule has 1 atom stereocenters. The summed E-state index contributed by atoms with van der Waals surface area (Å²) in [6, 6.07) is 0. The highest BCUT2D eigenvalue weighted by Gasteiger charge is 1.68. The van der Waals surface area contributed by atoms with Crippen molar-refractivity contribution in [3.8, 4) is 0 Å². The largest absolute Gasteiger partial charge is 0.229 e. The maximum atomic E-state index is 11.3. The van der Waals surface area contributed by atoms with E-state index >= 15 is 0 Å². The van der Waals surface area contributed by atoms with Crippen molar-refractivity contribution in [1.29, 1.82) is 0 Å². The maximum absolute atomic E-state index is 11.3. The Labute approximate surface area is 44.9 Å². The van der Waals surface area contributed by atoms with E-state index in [9.17, 15) is 3.89 Å². The van der Waals surface area contributed by atoms with E-state index in [1.807, 2.05) is 0 Å². The number of rotatable bonds is 0. The average Bonchev–Trinajstić information content (AvgIpc) is 1.38. The molecule has 1 unspecified atom stereocenters. The monoisotopic (exact) mass is 207 g/mol. The lowest BCUT2D eigenvalue weighted by Gasteiger charge is -1.67. The van der Waals surface area contributed by atoms with Crippen molar-refractivity contribution in [2.24, 2.45) is 4.36 Å². The van der Waals surface area contributed by atoms with E-state index in [0.29, 0.717) is 0 Å². The predicted octanol–water partition coefficient (Wildman–Crippen LogP) is 1.65. The predicted molar refractivity (Wildman–Crippen MR) is 30.8 cm³/mol. The average molecular weight is 207 g/mol. The summed E-state index contributed by atoms with van der Waals surface area (Å²) >= 11 is 1.60. The summed E-state index contributed by atoms with van der Waals surface area (Å²) in [4.78, 5) is 0. The highest BCUT2D eigenvalue weighted by molar-refractivity contribution is 14.2. The topological polar surface area (TPSA) is 12.4 Å². The number of halogens is 2. The third kappa shape index (κ3) is 4.81. The molecular formula is CH3FINS. The van der Waals surface area contributed by atoms with Gasteiger partial charge in [0.1, 0.15) is 8.25 Å². The van der Waals surface area contributed by atoms with Gasteiger partial charge in [-0.3, -0.25) is 0 Å². The van der Waals surface area contributed by atoms with Crippen LogP contribution in [0.25, 0.3) is 0 Å². The fourth-order valence-corrected chi connectivity index (χ4v) is 0. The molecule has 0 N–H and O–H groups in total. The van der Waals surface area contributed by atoms with Crippen LogP contribution in [0.1, 0.15) is 0 Å². The van der Waals surface area contributed by atoms with Crippen LogP contribution in [-0.2, 0) is 8.25 Å². The van der Waals surface area contributed by atoms with Gasteiger partial charge in [-0.05, 0) is 0 Å². The Morgan fingerprint density at radius 3 is 2.20 bits per heavy atom. The van der Waals surface area contributed by atoms with Gasteiger partial charge in [0.05, 0.1) is 0 Å². The molecule has 0 bridgehead atoms. The molecular weight excluding hydrogens is 204 g/mol. The molecule has 0 saturated heterocycles. The first kappa shape index (κ1) is 5.81. The van der Waals surface area contributed by atoms with Crippen LogP contribution < -0.4 is 0 Å². The first-order valence-corrected chi connectivity index (χ1v) is 4.56. The molecule has 0 aliphatic rings. The molecule has 0 radical (unpaired) electrons. The van der Waals surface area contributed by atoms with Gasteiger partial charge < -0.3 is 0 Å². The van der Waals surface area contributed by atoms with Gasteiger partial charge in [-0.15, -0.1) is 3.89 Å². The Morgan fingerprint density at radius 1 is 2.00 bits per heavy atom. The van der Waals surface area contributed by atoms with Gasteiger partial charge in [-0.2, -0.15) is 0 Å². The second-order valence-electron chi connectivity index (χ2n) is 0.379. The van der Waals surface area contributed by atoms with Crippen LogP contribution in [0.4, 0.5) is 3.89 Å². The summed E-state index contributed by atoms with van der Waals surface area (Å²) in [5, 5.41) is 0. The van der Waals surface area contributed by atoms with Crippen LogP contribution in [0.3, 0.4) is 0 Å². The molecule has 4 heteroatoms. The van der Waals surface area contributed by atoms with Crippen LogP contribution >= 0.6 is 21.2 Å². The SMILES string of the molecule is CN=S(F)I. The molecule has 1 nitrogen and oxygen atoms in total. The van der Waals surface area contributed by atoms with E-state index in [1.165, 1.54) is 7.05 Å². The van der Waals surface area contributed by atoms with Crippen molar-refractivity contribution < 1.29 is 3.89 Å². The van der Waals surface area contributed by atoms with E-state index in [-0.39, 0.29) is 0 Å². The normalized spacial score (nSPS) is 15.8. The minimum Gasteiger partial charge on any atom is -0.229 e. The molecule has 0 rings (SSSR count). The van der Waals surface area contributed by atoms with Crippen LogP contribution in [0.2, 0.25) is 0 Å². The Morgan fingerprint density at radius 2 is 2.20 bits per heavy atom. The zero-order valence-corrected chi connectivity index (χ0v) is 5.59. The Balaban J connectivity index is 3.14. The number of nitrogens with zero attached hydrogens (tertiary/aromatic N) is 1. The molecule has 0 aliphatic carbocycles. The summed E-state index contributed by atoms with van der Waals surface area (Å²) in [7, 11) is 0.226. The molecule has 32 valence electrons. The van der Waals surface area contributed by atoms with Crippen LogP contribution in [0.15, 0.2) is 4.36 Å². The van der Waals surface area contributed by atoms with Crippen molar-refractivity contribution in [2.75, 3.05) is 7.05 Å². The fraction of sp³-hybridized carbons (Fsp3) is 1.00. The zero-order valence-electron chi connectivity index (χ0n) is 2.61. The lowest BCUT2D eigenvalue weighted by molar-refractivity contribution is 0.936. The summed E-state index contributed by atoms with van der Waals surface area (Å²) in [6.07, 6.45) is 0. The Kier molecular flexibility index (Phi) is 3.51. The molecule has 0 saturated carbocycles. The Hall–Kier alpha value is 0.810. The summed E-state index contributed by atoms with van der Waals surface area (Å²) in [5.41, 5.74) is 0. The van der Waals surface area contributed by atoms with Crippen molar-refractivity contribution in [2.45, 2.75) is 0 Å². The summed E-state index contributed by atoms with van der Waals surface area (Å²) < 4.78 is 14.5. The van der Waals surface area contributed by atoms with Crippen molar-refractivity contribution in [3.05, 3.63) is 0 Å². The summed E-state index contributed by atoms with van der Waals surface area (Å²) in [6.45, 7) is 0. The van der Waals surface area contributed by atoms with Gasteiger partial charge in [0.15, 0.2) is 0 Å².